The van der Waals surface area contributed by atoms with E-state index in [9.17, 15) is 17.6 Å². The van der Waals surface area contributed by atoms with Crippen LogP contribution < -0.4 is 0 Å². The fourth-order valence-electron chi connectivity index (χ4n) is 5.46. The smallest absolute Gasteiger partial charge is 0.167 e. The van der Waals surface area contributed by atoms with Gasteiger partial charge in [0.1, 0.15) is 0 Å². The fraction of sp³-hybridized carbons (Fsp3) is 0.556. The summed E-state index contributed by atoms with van der Waals surface area (Å²) in [5, 5.41) is 0. The monoisotopic (exact) mass is 432 g/mol. The van der Waals surface area contributed by atoms with E-state index in [0.717, 1.165) is 51.4 Å². The Kier molecular flexibility index (Phi) is 6.74. The van der Waals surface area contributed by atoms with Crippen molar-refractivity contribution >= 4 is 0 Å². The zero-order chi connectivity index (χ0) is 22.1. The van der Waals surface area contributed by atoms with E-state index in [1.54, 1.807) is 12.1 Å². The Morgan fingerprint density at radius 2 is 1.13 bits per heavy atom. The maximum absolute atomic E-state index is 14.9. The molecular weight excluding hydrogens is 400 g/mol. The summed E-state index contributed by atoms with van der Waals surface area (Å²) >= 11 is 0. The number of hydrogen-bond donors (Lipinski definition) is 0. The molecular formula is C27H32F4. The highest BCUT2D eigenvalue weighted by molar-refractivity contribution is 5.66. The van der Waals surface area contributed by atoms with Crippen LogP contribution in [0, 0.1) is 41.0 Å². The van der Waals surface area contributed by atoms with Gasteiger partial charge >= 0.3 is 0 Å². The van der Waals surface area contributed by atoms with Gasteiger partial charge in [0, 0.05) is 11.1 Å². The van der Waals surface area contributed by atoms with E-state index in [-0.39, 0.29) is 17.0 Å². The highest BCUT2D eigenvalue weighted by atomic mass is 19.2. The predicted molar refractivity (Wildman–Crippen MR) is 117 cm³/mol. The van der Waals surface area contributed by atoms with E-state index in [4.69, 9.17) is 0 Å². The van der Waals surface area contributed by atoms with Crippen molar-refractivity contribution < 1.29 is 17.6 Å². The lowest BCUT2D eigenvalue weighted by molar-refractivity contribution is 0.286. The van der Waals surface area contributed by atoms with Gasteiger partial charge in [0.05, 0.1) is 0 Å². The number of rotatable bonds is 4. The lowest BCUT2D eigenvalue weighted by Gasteiger charge is -2.27. The second-order valence-electron chi connectivity index (χ2n) is 10.0. The molecule has 0 heterocycles. The maximum atomic E-state index is 14.9. The zero-order valence-corrected chi connectivity index (χ0v) is 18.5. The molecule has 4 heteroatoms. The van der Waals surface area contributed by atoms with Gasteiger partial charge in [-0.05, 0) is 66.9 Å². The second-order valence-corrected chi connectivity index (χ2v) is 10.0. The van der Waals surface area contributed by atoms with Gasteiger partial charge in [-0.3, -0.25) is 0 Å². The fourth-order valence-corrected chi connectivity index (χ4v) is 5.46. The lowest BCUT2D eigenvalue weighted by Crippen LogP contribution is -2.15. The van der Waals surface area contributed by atoms with Crippen LogP contribution in [-0.2, 0) is 6.42 Å². The van der Waals surface area contributed by atoms with Crippen molar-refractivity contribution in [3.8, 4) is 11.1 Å². The summed E-state index contributed by atoms with van der Waals surface area (Å²) in [7, 11) is 0. The minimum Gasteiger partial charge on any atom is -0.203 e. The van der Waals surface area contributed by atoms with E-state index in [2.05, 4.69) is 13.8 Å². The first-order valence-electron chi connectivity index (χ1n) is 11.8. The highest BCUT2D eigenvalue weighted by Crippen LogP contribution is 2.39. The first kappa shape index (κ1) is 22.4. The molecule has 0 radical (unpaired) electrons. The molecule has 0 aliphatic heterocycles. The van der Waals surface area contributed by atoms with Gasteiger partial charge in [0.25, 0.3) is 0 Å². The molecule has 2 aromatic rings. The van der Waals surface area contributed by atoms with E-state index in [1.807, 2.05) is 0 Å². The Hall–Kier alpha value is -1.84. The average molecular weight is 433 g/mol. The highest BCUT2D eigenvalue weighted by Gasteiger charge is 2.27. The summed E-state index contributed by atoms with van der Waals surface area (Å²) in [6.45, 7) is 4.39. The summed E-state index contributed by atoms with van der Waals surface area (Å²) in [4.78, 5) is 0. The maximum Gasteiger partial charge on any atom is 0.167 e. The topological polar surface area (TPSA) is 0 Å². The number of hydrogen-bond acceptors (Lipinski definition) is 0. The van der Waals surface area contributed by atoms with E-state index >= 15 is 0 Å². The second kappa shape index (κ2) is 9.34. The summed E-state index contributed by atoms with van der Waals surface area (Å²) in [5.41, 5.74) is 0.269. The quantitative estimate of drug-likeness (QED) is 0.424. The molecule has 0 bridgehead atoms. The first-order chi connectivity index (χ1) is 14.8. The molecule has 2 aliphatic rings. The van der Waals surface area contributed by atoms with Crippen molar-refractivity contribution in [2.45, 2.75) is 77.6 Å². The molecule has 0 unspecified atom stereocenters. The Labute approximate surface area is 183 Å². The van der Waals surface area contributed by atoms with Gasteiger partial charge in [0.2, 0.25) is 0 Å². The molecule has 168 valence electrons. The molecule has 2 saturated carbocycles. The minimum absolute atomic E-state index is 0.0121. The summed E-state index contributed by atoms with van der Waals surface area (Å²) in [6, 6.07) is 5.91. The van der Waals surface area contributed by atoms with Gasteiger partial charge in [-0.25, -0.2) is 17.6 Å². The van der Waals surface area contributed by atoms with Crippen LogP contribution in [0.15, 0.2) is 24.3 Å². The van der Waals surface area contributed by atoms with E-state index in [0.29, 0.717) is 35.3 Å². The Bertz CT molecular complexity index is 919. The van der Waals surface area contributed by atoms with Gasteiger partial charge in [-0.15, -0.1) is 0 Å². The van der Waals surface area contributed by atoms with Crippen LogP contribution in [0.1, 0.15) is 82.3 Å². The standard InChI is InChI=1S/C27H32F4/c1-16-3-7-18(8-4-16)15-20-11-12-22(26(30)24(20)28)23-14-13-21(25(29)27(23)31)19-9-5-17(2)6-10-19/h11-14,16-19H,3-10,15H2,1-2H3. The molecule has 2 aromatic carbocycles. The molecule has 2 fully saturated rings. The normalized spacial score (nSPS) is 26.8. The molecule has 0 aromatic heterocycles. The molecule has 4 rings (SSSR count). The number of benzene rings is 2. The van der Waals surface area contributed by atoms with Crippen LogP contribution >= 0.6 is 0 Å². The van der Waals surface area contributed by atoms with Crippen LogP contribution in [0.4, 0.5) is 17.6 Å². The third kappa shape index (κ3) is 4.68. The average Bonchev–Trinajstić information content (AvgIpc) is 2.76. The Balaban J connectivity index is 1.58. The summed E-state index contributed by atoms with van der Waals surface area (Å²) in [5.74, 6) is -2.38. The Morgan fingerprint density at radius 3 is 1.74 bits per heavy atom. The van der Waals surface area contributed by atoms with Crippen molar-refractivity contribution in [2.24, 2.45) is 17.8 Å². The van der Waals surface area contributed by atoms with Crippen LogP contribution in [-0.4, -0.2) is 0 Å². The van der Waals surface area contributed by atoms with Gasteiger partial charge in [0.15, 0.2) is 23.3 Å². The lowest BCUT2D eigenvalue weighted by atomic mass is 9.79. The number of halogens is 4. The van der Waals surface area contributed by atoms with E-state index in [1.165, 1.54) is 12.1 Å². The molecule has 0 atom stereocenters. The molecule has 31 heavy (non-hydrogen) atoms. The molecule has 2 aliphatic carbocycles. The van der Waals surface area contributed by atoms with Crippen molar-refractivity contribution in [3.63, 3.8) is 0 Å². The van der Waals surface area contributed by atoms with Crippen molar-refractivity contribution in [1.82, 2.24) is 0 Å². The summed E-state index contributed by atoms with van der Waals surface area (Å²) < 4.78 is 59.6. The molecule has 0 spiro atoms. The molecule has 0 saturated heterocycles. The van der Waals surface area contributed by atoms with Gasteiger partial charge < -0.3 is 0 Å². The largest absolute Gasteiger partial charge is 0.203 e. The molecule has 0 nitrogen and oxygen atoms in total. The summed E-state index contributed by atoms with van der Waals surface area (Å²) in [6.07, 6.45) is 8.40. The van der Waals surface area contributed by atoms with Gasteiger partial charge in [-0.2, -0.15) is 0 Å². The SMILES string of the molecule is CC1CCC(Cc2ccc(-c3ccc(C4CCC(C)CC4)c(F)c3F)c(F)c2F)CC1. The van der Waals surface area contributed by atoms with Gasteiger partial charge in [-0.1, -0.05) is 63.8 Å². The van der Waals surface area contributed by atoms with Crippen molar-refractivity contribution in [3.05, 3.63) is 58.7 Å². The third-order valence-corrected chi connectivity index (χ3v) is 7.66. The van der Waals surface area contributed by atoms with Crippen LogP contribution in [0.25, 0.3) is 11.1 Å². The first-order valence-corrected chi connectivity index (χ1v) is 11.8. The Morgan fingerprint density at radius 1 is 0.613 bits per heavy atom. The third-order valence-electron chi connectivity index (χ3n) is 7.66. The van der Waals surface area contributed by atoms with Crippen LogP contribution in [0.5, 0.6) is 0 Å². The van der Waals surface area contributed by atoms with Crippen LogP contribution in [0.2, 0.25) is 0 Å². The zero-order valence-electron chi connectivity index (χ0n) is 18.5. The minimum atomic E-state index is -1.08. The van der Waals surface area contributed by atoms with Crippen LogP contribution in [0.3, 0.4) is 0 Å². The van der Waals surface area contributed by atoms with Crippen molar-refractivity contribution in [2.75, 3.05) is 0 Å². The predicted octanol–water partition coefficient (Wildman–Crippen LogP) is 8.57. The molecule has 0 amide bonds. The van der Waals surface area contributed by atoms with Crippen molar-refractivity contribution in [1.29, 1.82) is 0 Å². The molecule has 0 N–H and O–H groups in total. The van der Waals surface area contributed by atoms with E-state index < -0.39 is 23.3 Å².